The first-order chi connectivity index (χ1) is 7.04. The largest absolute Gasteiger partial charge is 0.496 e. The SMILES string of the molecule is COc1cc(Cl)ccc1CC(=O)C(C)C. The van der Waals surface area contributed by atoms with Gasteiger partial charge in [-0.25, -0.2) is 0 Å². The van der Waals surface area contributed by atoms with E-state index in [-0.39, 0.29) is 11.7 Å². The number of ether oxygens (including phenoxy) is 1. The van der Waals surface area contributed by atoms with Gasteiger partial charge in [-0.2, -0.15) is 0 Å². The number of rotatable bonds is 4. The second-order valence-corrected chi connectivity index (χ2v) is 4.19. The molecule has 82 valence electrons. The molecule has 2 nitrogen and oxygen atoms in total. The molecule has 0 bridgehead atoms. The topological polar surface area (TPSA) is 26.3 Å². The van der Waals surface area contributed by atoms with Gasteiger partial charge in [0, 0.05) is 22.9 Å². The molecule has 0 saturated heterocycles. The third-order valence-electron chi connectivity index (χ3n) is 2.26. The Morgan fingerprint density at radius 3 is 2.67 bits per heavy atom. The minimum atomic E-state index is 0.0467. The Labute approximate surface area is 95.2 Å². The summed E-state index contributed by atoms with van der Waals surface area (Å²) in [6.45, 7) is 3.79. The van der Waals surface area contributed by atoms with Gasteiger partial charge in [-0.15, -0.1) is 0 Å². The fourth-order valence-corrected chi connectivity index (χ4v) is 1.42. The first kappa shape index (κ1) is 12.1. The van der Waals surface area contributed by atoms with Crippen LogP contribution in [0.15, 0.2) is 18.2 Å². The lowest BCUT2D eigenvalue weighted by atomic mass is 10.0. The third kappa shape index (κ3) is 3.24. The first-order valence-corrected chi connectivity index (χ1v) is 5.27. The summed E-state index contributed by atoms with van der Waals surface area (Å²) in [5.41, 5.74) is 0.889. The fourth-order valence-electron chi connectivity index (χ4n) is 1.26. The highest BCUT2D eigenvalue weighted by molar-refractivity contribution is 6.30. The molecule has 3 heteroatoms. The molecule has 0 aromatic heterocycles. The van der Waals surface area contributed by atoms with Gasteiger partial charge in [0.2, 0.25) is 0 Å². The molecule has 0 aliphatic rings. The van der Waals surface area contributed by atoms with Crippen molar-refractivity contribution in [1.29, 1.82) is 0 Å². The van der Waals surface area contributed by atoms with Gasteiger partial charge in [0.1, 0.15) is 11.5 Å². The van der Waals surface area contributed by atoms with Crippen molar-refractivity contribution in [3.63, 3.8) is 0 Å². The number of hydrogen-bond donors (Lipinski definition) is 0. The van der Waals surface area contributed by atoms with Gasteiger partial charge < -0.3 is 4.74 Å². The van der Waals surface area contributed by atoms with Crippen molar-refractivity contribution < 1.29 is 9.53 Å². The van der Waals surface area contributed by atoms with Crippen molar-refractivity contribution in [2.45, 2.75) is 20.3 Å². The number of benzene rings is 1. The molecule has 1 aromatic rings. The second kappa shape index (κ2) is 5.17. The van der Waals surface area contributed by atoms with Crippen molar-refractivity contribution >= 4 is 17.4 Å². The van der Waals surface area contributed by atoms with Gasteiger partial charge in [0.25, 0.3) is 0 Å². The smallest absolute Gasteiger partial charge is 0.139 e. The van der Waals surface area contributed by atoms with E-state index in [1.807, 2.05) is 19.9 Å². The summed E-state index contributed by atoms with van der Waals surface area (Å²) in [5.74, 6) is 0.928. The van der Waals surface area contributed by atoms with E-state index in [0.717, 1.165) is 5.56 Å². The maximum absolute atomic E-state index is 11.6. The average Bonchev–Trinajstić information content (AvgIpc) is 2.20. The monoisotopic (exact) mass is 226 g/mol. The van der Waals surface area contributed by atoms with Crippen molar-refractivity contribution in [3.05, 3.63) is 28.8 Å². The van der Waals surface area contributed by atoms with Gasteiger partial charge in [-0.1, -0.05) is 31.5 Å². The molecule has 1 aromatic carbocycles. The molecule has 0 spiro atoms. The predicted octanol–water partition coefficient (Wildman–Crippen LogP) is 3.12. The summed E-state index contributed by atoms with van der Waals surface area (Å²) >= 11 is 5.83. The number of hydrogen-bond acceptors (Lipinski definition) is 2. The van der Waals surface area contributed by atoms with Crippen LogP contribution in [-0.2, 0) is 11.2 Å². The first-order valence-electron chi connectivity index (χ1n) is 4.89. The number of carbonyl (C=O) groups is 1. The summed E-state index contributed by atoms with van der Waals surface area (Å²) in [5, 5.41) is 0.618. The zero-order valence-electron chi connectivity index (χ0n) is 9.21. The van der Waals surface area contributed by atoms with Crippen LogP contribution in [0.25, 0.3) is 0 Å². The number of halogens is 1. The van der Waals surface area contributed by atoms with E-state index in [0.29, 0.717) is 17.2 Å². The maximum atomic E-state index is 11.6. The van der Waals surface area contributed by atoms with E-state index in [2.05, 4.69) is 0 Å². The zero-order valence-corrected chi connectivity index (χ0v) is 9.97. The van der Waals surface area contributed by atoms with Crippen LogP contribution in [0.2, 0.25) is 5.02 Å². The van der Waals surface area contributed by atoms with Crippen LogP contribution in [0.1, 0.15) is 19.4 Å². The Bertz CT molecular complexity index is 359. The Morgan fingerprint density at radius 2 is 2.13 bits per heavy atom. The van der Waals surface area contributed by atoms with Crippen LogP contribution >= 0.6 is 11.6 Å². The van der Waals surface area contributed by atoms with Crippen LogP contribution in [0.5, 0.6) is 5.75 Å². The van der Waals surface area contributed by atoms with Gasteiger partial charge in [0.15, 0.2) is 0 Å². The molecule has 1 rings (SSSR count). The van der Waals surface area contributed by atoms with Gasteiger partial charge in [0.05, 0.1) is 7.11 Å². The van der Waals surface area contributed by atoms with Crippen molar-refractivity contribution in [3.8, 4) is 5.75 Å². The van der Waals surface area contributed by atoms with Gasteiger partial charge >= 0.3 is 0 Å². The van der Waals surface area contributed by atoms with Crippen LogP contribution < -0.4 is 4.74 Å². The average molecular weight is 227 g/mol. The standard InChI is InChI=1S/C12H15ClO2/c1-8(2)11(14)6-9-4-5-10(13)7-12(9)15-3/h4-5,7-8H,6H2,1-3H3. The molecule has 0 aliphatic heterocycles. The minimum absolute atomic E-state index is 0.0467. The number of Topliss-reactive ketones (excluding diaryl/α,β-unsaturated/α-hetero) is 1. The zero-order chi connectivity index (χ0) is 11.4. The summed E-state index contributed by atoms with van der Waals surface area (Å²) in [7, 11) is 1.58. The third-order valence-corrected chi connectivity index (χ3v) is 2.49. The Kier molecular flexibility index (Phi) is 4.15. The van der Waals surface area contributed by atoms with Crippen LogP contribution in [0, 0.1) is 5.92 Å². The lowest BCUT2D eigenvalue weighted by Gasteiger charge is -2.09. The molecule has 0 saturated carbocycles. The molecular formula is C12H15ClO2. The van der Waals surface area contributed by atoms with E-state index in [4.69, 9.17) is 16.3 Å². The lowest BCUT2D eigenvalue weighted by molar-refractivity contribution is -0.121. The van der Waals surface area contributed by atoms with Crippen molar-refractivity contribution in [1.82, 2.24) is 0 Å². The molecule has 0 N–H and O–H groups in total. The van der Waals surface area contributed by atoms with Crippen LogP contribution in [0.4, 0.5) is 0 Å². The molecule has 0 unspecified atom stereocenters. The summed E-state index contributed by atoms with van der Waals surface area (Å²) in [4.78, 5) is 11.6. The van der Waals surface area contributed by atoms with E-state index in [9.17, 15) is 4.79 Å². The number of ketones is 1. The molecule has 0 amide bonds. The Hall–Kier alpha value is -1.02. The van der Waals surface area contributed by atoms with Crippen molar-refractivity contribution in [2.75, 3.05) is 7.11 Å². The van der Waals surface area contributed by atoms with E-state index in [1.54, 1.807) is 19.2 Å². The van der Waals surface area contributed by atoms with Crippen molar-refractivity contribution in [2.24, 2.45) is 5.92 Å². The van der Waals surface area contributed by atoms with Gasteiger partial charge in [-0.05, 0) is 12.1 Å². The molecular weight excluding hydrogens is 212 g/mol. The Balaban J connectivity index is 2.89. The molecule has 0 aliphatic carbocycles. The highest BCUT2D eigenvalue weighted by Crippen LogP contribution is 2.24. The summed E-state index contributed by atoms with van der Waals surface area (Å²) in [6, 6.07) is 5.33. The molecule has 0 fully saturated rings. The number of carbonyl (C=O) groups excluding carboxylic acids is 1. The normalized spacial score (nSPS) is 10.5. The predicted molar refractivity (Wildman–Crippen MR) is 61.6 cm³/mol. The fraction of sp³-hybridized carbons (Fsp3) is 0.417. The van der Waals surface area contributed by atoms with E-state index in [1.165, 1.54) is 0 Å². The second-order valence-electron chi connectivity index (χ2n) is 3.75. The summed E-state index contributed by atoms with van der Waals surface area (Å²) in [6.07, 6.45) is 0.401. The highest BCUT2D eigenvalue weighted by atomic mass is 35.5. The van der Waals surface area contributed by atoms with Gasteiger partial charge in [-0.3, -0.25) is 4.79 Å². The van der Waals surface area contributed by atoms with Crippen LogP contribution in [-0.4, -0.2) is 12.9 Å². The molecule has 0 atom stereocenters. The molecule has 15 heavy (non-hydrogen) atoms. The lowest BCUT2D eigenvalue weighted by Crippen LogP contribution is -2.10. The van der Waals surface area contributed by atoms with E-state index < -0.39 is 0 Å². The minimum Gasteiger partial charge on any atom is -0.496 e. The summed E-state index contributed by atoms with van der Waals surface area (Å²) < 4.78 is 5.17. The molecule has 0 heterocycles. The quantitative estimate of drug-likeness (QED) is 0.789. The highest BCUT2D eigenvalue weighted by Gasteiger charge is 2.11. The van der Waals surface area contributed by atoms with E-state index >= 15 is 0 Å². The number of methoxy groups -OCH3 is 1. The maximum Gasteiger partial charge on any atom is 0.139 e. The molecule has 0 radical (unpaired) electrons. The van der Waals surface area contributed by atoms with Crippen LogP contribution in [0.3, 0.4) is 0 Å². The Morgan fingerprint density at radius 1 is 1.47 bits per heavy atom.